The second-order valence-electron chi connectivity index (χ2n) is 6.37. The van der Waals surface area contributed by atoms with Crippen LogP contribution in [-0.4, -0.2) is 24.0 Å². The summed E-state index contributed by atoms with van der Waals surface area (Å²) >= 11 is 3.48. The number of halogens is 1. The monoisotopic (exact) mass is 372 g/mol. The molecule has 0 radical (unpaired) electrons. The van der Waals surface area contributed by atoms with Crippen LogP contribution in [0.3, 0.4) is 0 Å². The van der Waals surface area contributed by atoms with E-state index in [0.29, 0.717) is 6.04 Å². The van der Waals surface area contributed by atoms with Gasteiger partial charge in [-0.15, -0.1) is 0 Å². The minimum Gasteiger partial charge on any atom is -0.382 e. The molecule has 122 valence electrons. The van der Waals surface area contributed by atoms with E-state index in [0.717, 1.165) is 17.4 Å². The van der Waals surface area contributed by atoms with E-state index in [2.05, 4.69) is 81.6 Å². The predicted molar refractivity (Wildman–Crippen MR) is 102 cm³/mol. The molecular formula is C20H25BrN2. The van der Waals surface area contributed by atoms with Gasteiger partial charge in [-0.1, -0.05) is 47.1 Å². The summed E-state index contributed by atoms with van der Waals surface area (Å²) in [6.45, 7) is 5.63. The highest BCUT2D eigenvalue weighted by Crippen LogP contribution is 2.20. The van der Waals surface area contributed by atoms with E-state index in [1.54, 1.807) is 0 Å². The Kier molecular flexibility index (Phi) is 5.74. The molecule has 3 rings (SSSR count). The van der Waals surface area contributed by atoms with Crippen LogP contribution in [0, 0.1) is 0 Å². The maximum Gasteiger partial charge on any atom is 0.0343 e. The van der Waals surface area contributed by atoms with Crippen LogP contribution in [0.25, 0.3) is 0 Å². The van der Waals surface area contributed by atoms with Crippen LogP contribution in [0.1, 0.15) is 30.9 Å². The van der Waals surface area contributed by atoms with E-state index in [4.69, 9.17) is 0 Å². The number of hydrogen-bond donors (Lipinski definition) is 1. The molecule has 0 unspecified atom stereocenters. The molecule has 0 saturated carbocycles. The third kappa shape index (κ3) is 4.82. The van der Waals surface area contributed by atoms with Gasteiger partial charge < -0.3 is 5.32 Å². The first kappa shape index (κ1) is 16.5. The molecule has 0 atom stereocenters. The quantitative estimate of drug-likeness (QED) is 0.786. The first-order chi connectivity index (χ1) is 11.2. The zero-order chi connectivity index (χ0) is 16.1. The van der Waals surface area contributed by atoms with Crippen LogP contribution < -0.4 is 5.32 Å². The summed E-state index contributed by atoms with van der Waals surface area (Å²) < 4.78 is 1.13. The van der Waals surface area contributed by atoms with E-state index >= 15 is 0 Å². The van der Waals surface area contributed by atoms with E-state index in [-0.39, 0.29) is 0 Å². The van der Waals surface area contributed by atoms with Crippen LogP contribution in [0.2, 0.25) is 0 Å². The fourth-order valence-corrected chi connectivity index (χ4v) is 3.42. The zero-order valence-corrected chi connectivity index (χ0v) is 15.3. The molecule has 1 aliphatic heterocycles. The van der Waals surface area contributed by atoms with Crippen molar-refractivity contribution in [3.8, 4) is 0 Å². The van der Waals surface area contributed by atoms with Gasteiger partial charge in [-0.25, -0.2) is 0 Å². The van der Waals surface area contributed by atoms with Gasteiger partial charge in [0.05, 0.1) is 0 Å². The highest BCUT2D eigenvalue weighted by Gasteiger charge is 2.19. The third-order valence-electron chi connectivity index (χ3n) is 4.64. The number of anilines is 1. The molecule has 1 saturated heterocycles. The van der Waals surface area contributed by atoms with Gasteiger partial charge in [0.2, 0.25) is 0 Å². The normalized spacial score (nSPS) is 16.4. The van der Waals surface area contributed by atoms with E-state index < -0.39 is 0 Å². The molecule has 0 spiro atoms. The molecule has 0 amide bonds. The Morgan fingerprint density at radius 3 is 2.17 bits per heavy atom. The standard InChI is InChI=1S/C20H25BrN2/c1-2-16-3-5-17(6-4-16)15-23-13-11-20(12-14-23)22-19-9-7-18(21)8-10-19/h3-10,20,22H,2,11-15H2,1H3. The molecule has 0 bridgehead atoms. The van der Waals surface area contributed by atoms with Crippen molar-refractivity contribution in [3.63, 3.8) is 0 Å². The molecule has 1 aliphatic rings. The van der Waals surface area contributed by atoms with Gasteiger partial charge in [-0.2, -0.15) is 0 Å². The molecule has 0 aliphatic carbocycles. The molecule has 1 heterocycles. The number of benzene rings is 2. The Bertz CT molecular complexity index is 599. The highest BCUT2D eigenvalue weighted by atomic mass is 79.9. The number of hydrogen-bond acceptors (Lipinski definition) is 2. The zero-order valence-electron chi connectivity index (χ0n) is 13.8. The second kappa shape index (κ2) is 7.98. The number of aryl methyl sites for hydroxylation is 1. The molecule has 3 heteroatoms. The first-order valence-electron chi connectivity index (χ1n) is 8.55. The van der Waals surface area contributed by atoms with Gasteiger partial charge in [0.1, 0.15) is 0 Å². The maximum atomic E-state index is 3.66. The lowest BCUT2D eigenvalue weighted by atomic mass is 10.0. The van der Waals surface area contributed by atoms with Crippen molar-refractivity contribution < 1.29 is 0 Å². The van der Waals surface area contributed by atoms with Gasteiger partial charge in [0.25, 0.3) is 0 Å². The smallest absolute Gasteiger partial charge is 0.0343 e. The van der Waals surface area contributed by atoms with E-state index in [1.165, 1.54) is 42.7 Å². The summed E-state index contributed by atoms with van der Waals surface area (Å²) in [6, 6.07) is 18.2. The van der Waals surface area contributed by atoms with Crippen molar-refractivity contribution in [2.45, 2.75) is 38.8 Å². The minimum atomic E-state index is 0.592. The van der Waals surface area contributed by atoms with Gasteiger partial charge in [0, 0.05) is 35.8 Å². The summed E-state index contributed by atoms with van der Waals surface area (Å²) in [4.78, 5) is 2.57. The summed E-state index contributed by atoms with van der Waals surface area (Å²) in [5.74, 6) is 0. The van der Waals surface area contributed by atoms with Crippen LogP contribution in [0.15, 0.2) is 53.0 Å². The minimum absolute atomic E-state index is 0.592. The van der Waals surface area contributed by atoms with Crippen LogP contribution in [0.5, 0.6) is 0 Å². The predicted octanol–water partition coefficient (Wildman–Crippen LogP) is 5.09. The van der Waals surface area contributed by atoms with Crippen molar-refractivity contribution in [1.82, 2.24) is 4.90 Å². The lowest BCUT2D eigenvalue weighted by Crippen LogP contribution is -2.38. The molecule has 2 nitrogen and oxygen atoms in total. The van der Waals surface area contributed by atoms with Crippen LogP contribution in [0.4, 0.5) is 5.69 Å². The Hall–Kier alpha value is -1.32. The van der Waals surface area contributed by atoms with E-state index in [9.17, 15) is 0 Å². The number of likely N-dealkylation sites (tertiary alicyclic amines) is 1. The molecule has 2 aromatic rings. The Labute approximate surface area is 148 Å². The Morgan fingerprint density at radius 2 is 1.57 bits per heavy atom. The summed E-state index contributed by atoms with van der Waals surface area (Å²) in [7, 11) is 0. The molecule has 2 aromatic carbocycles. The lowest BCUT2D eigenvalue weighted by Gasteiger charge is -2.33. The number of nitrogens with one attached hydrogen (secondary N) is 1. The average molecular weight is 373 g/mol. The average Bonchev–Trinajstić information content (AvgIpc) is 2.59. The third-order valence-corrected chi connectivity index (χ3v) is 5.17. The second-order valence-corrected chi connectivity index (χ2v) is 7.29. The van der Waals surface area contributed by atoms with Crippen molar-refractivity contribution in [3.05, 3.63) is 64.1 Å². The van der Waals surface area contributed by atoms with E-state index in [1.807, 2.05) is 0 Å². The van der Waals surface area contributed by atoms with Gasteiger partial charge in [-0.05, 0) is 54.7 Å². The van der Waals surface area contributed by atoms with Crippen molar-refractivity contribution in [2.24, 2.45) is 0 Å². The maximum absolute atomic E-state index is 3.66. The molecule has 0 aromatic heterocycles. The van der Waals surface area contributed by atoms with Crippen LogP contribution >= 0.6 is 15.9 Å². The molecule has 23 heavy (non-hydrogen) atoms. The topological polar surface area (TPSA) is 15.3 Å². The van der Waals surface area contributed by atoms with Gasteiger partial charge in [0.15, 0.2) is 0 Å². The van der Waals surface area contributed by atoms with Crippen molar-refractivity contribution >= 4 is 21.6 Å². The lowest BCUT2D eigenvalue weighted by molar-refractivity contribution is 0.211. The number of piperidine rings is 1. The fraction of sp³-hybridized carbons (Fsp3) is 0.400. The van der Waals surface area contributed by atoms with Crippen LogP contribution in [-0.2, 0) is 13.0 Å². The highest BCUT2D eigenvalue weighted by molar-refractivity contribution is 9.10. The summed E-state index contributed by atoms with van der Waals surface area (Å²) in [5, 5.41) is 3.66. The van der Waals surface area contributed by atoms with Gasteiger partial charge >= 0.3 is 0 Å². The van der Waals surface area contributed by atoms with Crippen molar-refractivity contribution in [2.75, 3.05) is 18.4 Å². The summed E-state index contributed by atoms with van der Waals surface area (Å²) in [6.07, 6.45) is 3.54. The number of nitrogens with zero attached hydrogens (tertiary/aromatic N) is 1. The first-order valence-corrected chi connectivity index (χ1v) is 9.34. The largest absolute Gasteiger partial charge is 0.382 e. The van der Waals surface area contributed by atoms with Gasteiger partial charge in [-0.3, -0.25) is 4.90 Å². The SMILES string of the molecule is CCc1ccc(CN2CCC(Nc3ccc(Br)cc3)CC2)cc1. The van der Waals surface area contributed by atoms with Crippen molar-refractivity contribution in [1.29, 1.82) is 0 Å². The molecule has 1 N–H and O–H groups in total. The Morgan fingerprint density at radius 1 is 0.957 bits per heavy atom. The Balaban J connectivity index is 1.47. The molecule has 1 fully saturated rings. The number of rotatable bonds is 5. The molecular weight excluding hydrogens is 348 g/mol. The summed E-state index contributed by atoms with van der Waals surface area (Å²) in [5.41, 5.74) is 4.08. The fourth-order valence-electron chi connectivity index (χ4n) is 3.16.